The van der Waals surface area contributed by atoms with Gasteiger partial charge in [0.1, 0.15) is 18.2 Å². The van der Waals surface area contributed by atoms with E-state index < -0.39 is 0 Å². The van der Waals surface area contributed by atoms with Crippen LogP contribution in [0.5, 0.6) is 5.75 Å². The quantitative estimate of drug-likeness (QED) is 0.678. The zero-order valence-electron chi connectivity index (χ0n) is 14.0. The molecule has 2 heterocycles. The maximum atomic E-state index is 13.9. The van der Waals surface area contributed by atoms with Gasteiger partial charge in [-0.3, -0.25) is 4.90 Å². The molecule has 130 valence electrons. The summed E-state index contributed by atoms with van der Waals surface area (Å²) in [6, 6.07) is 12.9. The van der Waals surface area contributed by atoms with Crippen LogP contribution in [0.3, 0.4) is 0 Å². The predicted molar refractivity (Wildman–Crippen MR) is 100.0 cm³/mol. The number of hydrogen-bond acceptors (Lipinski definition) is 3. The third-order valence-electron chi connectivity index (χ3n) is 4.56. The first-order chi connectivity index (χ1) is 12.3. The molecule has 2 aromatic carbocycles. The average molecular weight is 356 g/mol. The lowest BCUT2D eigenvalue weighted by Crippen LogP contribution is -2.25. The lowest BCUT2D eigenvalue weighted by molar-refractivity contribution is 0.239. The molecule has 4 rings (SSSR count). The topological polar surface area (TPSA) is 28.3 Å². The van der Waals surface area contributed by atoms with Gasteiger partial charge in [0, 0.05) is 27.9 Å². The first-order valence-corrected chi connectivity index (χ1v) is 9.50. The summed E-state index contributed by atoms with van der Waals surface area (Å²) in [6.07, 6.45) is 4.51. The van der Waals surface area contributed by atoms with Crippen molar-refractivity contribution < 1.29 is 9.13 Å². The molecular weight excluding hydrogens is 335 g/mol. The van der Waals surface area contributed by atoms with Crippen LogP contribution in [0.25, 0.3) is 10.9 Å². The van der Waals surface area contributed by atoms with Crippen molar-refractivity contribution in [2.24, 2.45) is 0 Å². The minimum Gasteiger partial charge on any atom is -0.490 e. The normalized spacial score (nSPS) is 15.1. The fourth-order valence-corrected chi connectivity index (χ4v) is 4.19. The van der Waals surface area contributed by atoms with Crippen LogP contribution in [0.4, 0.5) is 4.39 Å². The van der Waals surface area contributed by atoms with Crippen molar-refractivity contribution in [1.29, 1.82) is 0 Å². The highest BCUT2D eigenvalue weighted by Gasteiger charge is 2.13. The summed E-state index contributed by atoms with van der Waals surface area (Å²) < 4.78 is 19.9. The highest BCUT2D eigenvalue weighted by Crippen LogP contribution is 2.37. The minimum atomic E-state index is -0.195. The zero-order chi connectivity index (χ0) is 17.1. The lowest BCUT2D eigenvalue weighted by atomic mass is 10.2. The number of para-hydroxylation sites is 1. The maximum Gasteiger partial charge on any atom is 0.143 e. The number of nitrogens with one attached hydrogen (secondary N) is 1. The van der Waals surface area contributed by atoms with E-state index in [0.29, 0.717) is 11.5 Å². The summed E-state index contributed by atoms with van der Waals surface area (Å²) in [7, 11) is 0. The van der Waals surface area contributed by atoms with E-state index in [0.717, 1.165) is 28.1 Å². The Labute approximate surface area is 151 Å². The molecule has 1 fully saturated rings. The standard InChI is InChI=1S/C20H21FN2OS/c21-16-7-1-2-9-18(16)25-19-14-22-20-15(19)6-5-8-17(20)24-13-12-23-10-3-4-11-23/h1-2,5-9,14,22H,3-4,10-13H2. The molecular formula is C20H21FN2OS. The van der Waals surface area contributed by atoms with Gasteiger partial charge in [0.2, 0.25) is 0 Å². The van der Waals surface area contributed by atoms with Crippen LogP contribution >= 0.6 is 11.8 Å². The molecule has 5 heteroatoms. The fourth-order valence-electron chi connectivity index (χ4n) is 3.24. The lowest BCUT2D eigenvalue weighted by Gasteiger charge is -2.15. The van der Waals surface area contributed by atoms with Crippen molar-refractivity contribution in [2.45, 2.75) is 22.6 Å². The van der Waals surface area contributed by atoms with Crippen molar-refractivity contribution >= 4 is 22.7 Å². The number of likely N-dealkylation sites (tertiary alicyclic amines) is 1. The van der Waals surface area contributed by atoms with E-state index in [9.17, 15) is 4.39 Å². The second kappa shape index (κ2) is 7.50. The van der Waals surface area contributed by atoms with Gasteiger partial charge in [-0.1, -0.05) is 36.0 Å². The van der Waals surface area contributed by atoms with E-state index in [1.165, 1.54) is 43.8 Å². The molecule has 0 atom stereocenters. The van der Waals surface area contributed by atoms with E-state index >= 15 is 0 Å². The second-order valence-electron chi connectivity index (χ2n) is 6.26. The van der Waals surface area contributed by atoms with Gasteiger partial charge >= 0.3 is 0 Å². The molecule has 1 aliphatic rings. The molecule has 0 aliphatic carbocycles. The number of ether oxygens (including phenoxy) is 1. The van der Waals surface area contributed by atoms with Gasteiger partial charge in [-0.05, 0) is 44.1 Å². The van der Waals surface area contributed by atoms with Crippen molar-refractivity contribution in [1.82, 2.24) is 9.88 Å². The smallest absolute Gasteiger partial charge is 0.143 e. The van der Waals surface area contributed by atoms with E-state index in [1.54, 1.807) is 12.1 Å². The van der Waals surface area contributed by atoms with Gasteiger partial charge < -0.3 is 9.72 Å². The van der Waals surface area contributed by atoms with E-state index in [2.05, 4.69) is 9.88 Å². The largest absolute Gasteiger partial charge is 0.490 e. The van der Waals surface area contributed by atoms with Crippen molar-refractivity contribution in [3.05, 3.63) is 54.5 Å². The van der Waals surface area contributed by atoms with E-state index in [-0.39, 0.29) is 5.82 Å². The molecule has 1 N–H and O–H groups in total. The molecule has 0 bridgehead atoms. The van der Waals surface area contributed by atoms with Crippen molar-refractivity contribution in [3.63, 3.8) is 0 Å². The van der Waals surface area contributed by atoms with Gasteiger partial charge in [0.05, 0.1) is 5.52 Å². The Morgan fingerprint density at radius 1 is 1.04 bits per heavy atom. The summed E-state index contributed by atoms with van der Waals surface area (Å²) >= 11 is 1.43. The predicted octanol–water partition coefficient (Wildman–Crippen LogP) is 4.93. The van der Waals surface area contributed by atoms with Crippen LogP contribution in [0.15, 0.2) is 58.5 Å². The Morgan fingerprint density at radius 3 is 2.72 bits per heavy atom. The van der Waals surface area contributed by atoms with Crippen LogP contribution in [0.1, 0.15) is 12.8 Å². The number of benzene rings is 2. The molecule has 0 radical (unpaired) electrons. The molecule has 3 aromatic rings. The summed E-state index contributed by atoms with van der Waals surface area (Å²) in [6.45, 7) is 4.01. The Bertz CT molecular complexity index is 858. The number of hydrogen-bond donors (Lipinski definition) is 1. The van der Waals surface area contributed by atoms with Crippen LogP contribution < -0.4 is 4.74 Å². The Hall–Kier alpha value is -1.98. The third kappa shape index (κ3) is 3.67. The molecule has 1 saturated heterocycles. The van der Waals surface area contributed by atoms with Crippen molar-refractivity contribution in [3.8, 4) is 5.75 Å². The molecule has 0 amide bonds. The van der Waals surface area contributed by atoms with Gasteiger partial charge in [-0.15, -0.1) is 0 Å². The van der Waals surface area contributed by atoms with Crippen LogP contribution in [0.2, 0.25) is 0 Å². The number of aromatic amines is 1. The van der Waals surface area contributed by atoms with Crippen LogP contribution in [0, 0.1) is 5.82 Å². The van der Waals surface area contributed by atoms with Crippen LogP contribution in [-0.4, -0.2) is 36.1 Å². The number of nitrogens with zero attached hydrogens (tertiary/aromatic N) is 1. The number of H-pyrrole nitrogens is 1. The highest BCUT2D eigenvalue weighted by molar-refractivity contribution is 7.99. The molecule has 0 saturated carbocycles. The van der Waals surface area contributed by atoms with E-state index in [1.807, 2.05) is 30.5 Å². The molecule has 3 nitrogen and oxygen atoms in total. The van der Waals surface area contributed by atoms with Gasteiger partial charge in [0.25, 0.3) is 0 Å². The van der Waals surface area contributed by atoms with Gasteiger partial charge in [-0.2, -0.15) is 0 Å². The first kappa shape index (κ1) is 16.5. The molecule has 1 aromatic heterocycles. The molecule has 1 aliphatic heterocycles. The maximum absolute atomic E-state index is 13.9. The minimum absolute atomic E-state index is 0.195. The van der Waals surface area contributed by atoms with Gasteiger partial charge in [-0.25, -0.2) is 4.39 Å². The monoisotopic (exact) mass is 356 g/mol. The summed E-state index contributed by atoms with van der Waals surface area (Å²) in [5.41, 5.74) is 0.975. The highest BCUT2D eigenvalue weighted by atomic mass is 32.2. The number of fused-ring (bicyclic) bond motifs is 1. The number of aromatic nitrogens is 1. The first-order valence-electron chi connectivity index (χ1n) is 8.69. The number of rotatable bonds is 6. The second-order valence-corrected chi connectivity index (χ2v) is 7.35. The third-order valence-corrected chi connectivity index (χ3v) is 5.67. The Morgan fingerprint density at radius 2 is 1.88 bits per heavy atom. The number of halogens is 1. The van der Waals surface area contributed by atoms with Gasteiger partial charge in [0.15, 0.2) is 0 Å². The summed E-state index contributed by atoms with van der Waals surface area (Å²) in [5.74, 6) is 0.664. The summed E-state index contributed by atoms with van der Waals surface area (Å²) in [5, 5.41) is 1.06. The Kier molecular flexibility index (Phi) is 4.95. The fraction of sp³-hybridized carbons (Fsp3) is 0.300. The average Bonchev–Trinajstić information content (AvgIpc) is 3.28. The Balaban J connectivity index is 1.50. The van der Waals surface area contributed by atoms with Crippen LogP contribution in [-0.2, 0) is 0 Å². The van der Waals surface area contributed by atoms with E-state index in [4.69, 9.17) is 4.74 Å². The summed E-state index contributed by atoms with van der Waals surface area (Å²) in [4.78, 5) is 7.37. The SMILES string of the molecule is Fc1ccccc1Sc1c[nH]c2c(OCCN3CCCC3)cccc12. The molecule has 25 heavy (non-hydrogen) atoms. The molecule has 0 unspecified atom stereocenters. The molecule has 0 spiro atoms. The zero-order valence-corrected chi connectivity index (χ0v) is 14.8. The van der Waals surface area contributed by atoms with Crippen molar-refractivity contribution in [2.75, 3.05) is 26.2 Å².